The number of halogens is 1. The van der Waals surface area contributed by atoms with E-state index in [1.807, 2.05) is 0 Å². The molecule has 0 aliphatic carbocycles. The summed E-state index contributed by atoms with van der Waals surface area (Å²) in [6, 6.07) is 11.0. The predicted molar refractivity (Wildman–Crippen MR) is 84.7 cm³/mol. The molecule has 0 saturated heterocycles. The summed E-state index contributed by atoms with van der Waals surface area (Å²) in [5.41, 5.74) is 15.4. The van der Waals surface area contributed by atoms with Crippen LogP contribution in [0.5, 0.6) is 5.75 Å². The largest absolute Gasteiger partial charge is 0.494 e. The molecule has 0 unspecified atom stereocenters. The highest BCUT2D eigenvalue weighted by molar-refractivity contribution is 5.30. The molecule has 114 valence electrons. The topological polar surface area (TPSA) is 61.3 Å². The second kappa shape index (κ2) is 8.39. The number of ether oxygens (including phenoxy) is 1. The Morgan fingerprint density at radius 3 is 2.19 bits per heavy atom. The number of aryl methyl sites for hydroxylation is 2. The number of methoxy groups -OCH3 is 1. The number of hydrogen-bond donors (Lipinski definition) is 2. The van der Waals surface area contributed by atoms with Crippen molar-refractivity contribution in [2.45, 2.75) is 26.9 Å². The van der Waals surface area contributed by atoms with E-state index in [2.05, 4.69) is 32.0 Å². The van der Waals surface area contributed by atoms with Crippen molar-refractivity contribution in [2.24, 2.45) is 11.5 Å². The smallest absolute Gasteiger partial charge is 0.165 e. The fourth-order valence-electron chi connectivity index (χ4n) is 1.91. The van der Waals surface area contributed by atoms with Gasteiger partial charge in [-0.05, 0) is 42.7 Å². The third-order valence-electron chi connectivity index (χ3n) is 3.17. The van der Waals surface area contributed by atoms with Gasteiger partial charge in [-0.2, -0.15) is 0 Å². The van der Waals surface area contributed by atoms with E-state index in [0.29, 0.717) is 13.1 Å². The first-order valence-corrected chi connectivity index (χ1v) is 6.80. The van der Waals surface area contributed by atoms with E-state index in [4.69, 9.17) is 16.2 Å². The van der Waals surface area contributed by atoms with Crippen LogP contribution in [0, 0.1) is 19.7 Å². The van der Waals surface area contributed by atoms with E-state index in [9.17, 15) is 4.39 Å². The van der Waals surface area contributed by atoms with E-state index in [-0.39, 0.29) is 11.6 Å². The highest BCUT2D eigenvalue weighted by Gasteiger charge is 2.01. The van der Waals surface area contributed by atoms with Crippen molar-refractivity contribution in [3.8, 4) is 5.75 Å². The lowest BCUT2D eigenvalue weighted by molar-refractivity contribution is 0.386. The molecule has 0 amide bonds. The average Bonchev–Trinajstić information content (AvgIpc) is 2.48. The first-order valence-electron chi connectivity index (χ1n) is 6.80. The van der Waals surface area contributed by atoms with Crippen LogP contribution in [0.25, 0.3) is 0 Å². The Hall–Kier alpha value is -1.91. The molecule has 0 saturated carbocycles. The number of nitrogens with two attached hydrogens (primary N) is 2. The third-order valence-corrected chi connectivity index (χ3v) is 3.17. The van der Waals surface area contributed by atoms with Crippen LogP contribution >= 0.6 is 0 Å². The molecule has 0 aliphatic heterocycles. The Labute approximate surface area is 125 Å². The molecule has 4 heteroatoms. The van der Waals surface area contributed by atoms with Crippen LogP contribution in [0.2, 0.25) is 0 Å². The van der Waals surface area contributed by atoms with E-state index >= 15 is 0 Å². The molecule has 0 aromatic heterocycles. The quantitative estimate of drug-likeness (QED) is 0.913. The molecule has 0 heterocycles. The SMILES string of the molecule is COc1ccc(CN)cc1F.Cc1ccc(CN)c(C)c1. The molecule has 0 atom stereocenters. The van der Waals surface area contributed by atoms with E-state index in [0.717, 1.165) is 5.56 Å². The normalized spacial score (nSPS) is 9.81. The van der Waals surface area contributed by atoms with Crippen molar-refractivity contribution in [2.75, 3.05) is 7.11 Å². The van der Waals surface area contributed by atoms with Crippen LogP contribution in [0.15, 0.2) is 36.4 Å². The summed E-state index contributed by atoms with van der Waals surface area (Å²) >= 11 is 0. The standard InChI is InChI=1S/C9H13N.C8H10FNO/c1-7-3-4-9(6-10)8(2)5-7;1-11-8-3-2-6(5-10)4-7(8)9/h3-5H,6,10H2,1-2H3;2-4H,5,10H2,1H3. The van der Waals surface area contributed by atoms with Gasteiger partial charge in [0.05, 0.1) is 7.11 Å². The van der Waals surface area contributed by atoms with Crippen LogP contribution in [-0.2, 0) is 13.1 Å². The summed E-state index contributed by atoms with van der Waals surface area (Å²) in [5, 5.41) is 0. The van der Waals surface area contributed by atoms with Crippen molar-refractivity contribution >= 4 is 0 Å². The molecule has 0 fully saturated rings. The minimum absolute atomic E-state index is 0.252. The van der Waals surface area contributed by atoms with Crippen LogP contribution < -0.4 is 16.2 Å². The predicted octanol–water partition coefficient (Wildman–Crippen LogP) is 3.06. The van der Waals surface area contributed by atoms with Gasteiger partial charge in [0, 0.05) is 13.1 Å². The lowest BCUT2D eigenvalue weighted by atomic mass is 10.1. The van der Waals surface area contributed by atoms with Gasteiger partial charge < -0.3 is 16.2 Å². The van der Waals surface area contributed by atoms with E-state index < -0.39 is 0 Å². The Morgan fingerprint density at radius 1 is 1.00 bits per heavy atom. The van der Waals surface area contributed by atoms with Crippen LogP contribution in [-0.4, -0.2) is 7.11 Å². The van der Waals surface area contributed by atoms with E-state index in [1.165, 1.54) is 29.9 Å². The molecule has 2 aromatic carbocycles. The van der Waals surface area contributed by atoms with Gasteiger partial charge in [0.1, 0.15) is 0 Å². The van der Waals surface area contributed by atoms with Crippen LogP contribution in [0.3, 0.4) is 0 Å². The Bertz CT molecular complexity index is 585. The van der Waals surface area contributed by atoms with Gasteiger partial charge in [0.25, 0.3) is 0 Å². The fraction of sp³-hybridized carbons (Fsp3) is 0.294. The van der Waals surface area contributed by atoms with Crippen LogP contribution in [0.4, 0.5) is 4.39 Å². The highest BCUT2D eigenvalue weighted by atomic mass is 19.1. The molecular weight excluding hydrogens is 267 g/mol. The third kappa shape index (κ3) is 5.17. The lowest BCUT2D eigenvalue weighted by Crippen LogP contribution is -1.98. The molecule has 2 rings (SSSR count). The highest BCUT2D eigenvalue weighted by Crippen LogP contribution is 2.16. The van der Waals surface area contributed by atoms with Crippen molar-refractivity contribution in [3.05, 3.63) is 64.5 Å². The Balaban J connectivity index is 0.000000211. The van der Waals surface area contributed by atoms with E-state index in [1.54, 1.807) is 12.1 Å². The molecule has 4 N–H and O–H groups in total. The monoisotopic (exact) mass is 290 g/mol. The maximum absolute atomic E-state index is 12.9. The van der Waals surface area contributed by atoms with Gasteiger partial charge in [-0.25, -0.2) is 4.39 Å². The summed E-state index contributed by atoms with van der Waals surface area (Å²) in [6.07, 6.45) is 0. The molecular formula is C17H23FN2O. The van der Waals surface area contributed by atoms with Gasteiger partial charge in [0.2, 0.25) is 0 Å². The van der Waals surface area contributed by atoms with Crippen molar-refractivity contribution in [1.29, 1.82) is 0 Å². The van der Waals surface area contributed by atoms with Crippen molar-refractivity contribution < 1.29 is 9.13 Å². The molecule has 21 heavy (non-hydrogen) atoms. The first kappa shape index (κ1) is 17.1. The molecule has 0 bridgehead atoms. The Kier molecular flexibility index (Phi) is 6.85. The number of hydrogen-bond acceptors (Lipinski definition) is 3. The van der Waals surface area contributed by atoms with Crippen LogP contribution in [0.1, 0.15) is 22.3 Å². The van der Waals surface area contributed by atoms with Gasteiger partial charge in [-0.3, -0.25) is 0 Å². The Morgan fingerprint density at radius 2 is 1.71 bits per heavy atom. The first-order chi connectivity index (χ1) is 10.0. The summed E-state index contributed by atoms with van der Waals surface area (Å²) in [7, 11) is 1.43. The number of benzene rings is 2. The molecule has 0 spiro atoms. The molecule has 0 radical (unpaired) electrons. The molecule has 2 aromatic rings. The van der Waals surface area contributed by atoms with Gasteiger partial charge in [-0.15, -0.1) is 0 Å². The zero-order chi connectivity index (χ0) is 15.8. The summed E-state index contributed by atoms with van der Waals surface area (Å²) in [4.78, 5) is 0. The average molecular weight is 290 g/mol. The van der Waals surface area contributed by atoms with Crippen molar-refractivity contribution in [3.63, 3.8) is 0 Å². The summed E-state index contributed by atoms with van der Waals surface area (Å²) in [5.74, 6) is -0.113. The molecule has 3 nitrogen and oxygen atoms in total. The second-order valence-electron chi connectivity index (χ2n) is 4.81. The fourth-order valence-corrected chi connectivity index (χ4v) is 1.91. The zero-order valence-corrected chi connectivity index (χ0v) is 12.8. The summed E-state index contributed by atoms with van der Waals surface area (Å²) < 4.78 is 17.6. The maximum atomic E-state index is 12.9. The van der Waals surface area contributed by atoms with Gasteiger partial charge >= 0.3 is 0 Å². The molecule has 0 aliphatic rings. The summed E-state index contributed by atoms with van der Waals surface area (Å²) in [6.45, 7) is 5.18. The van der Waals surface area contributed by atoms with Crippen molar-refractivity contribution in [1.82, 2.24) is 0 Å². The minimum atomic E-state index is -0.365. The maximum Gasteiger partial charge on any atom is 0.165 e. The lowest BCUT2D eigenvalue weighted by Gasteiger charge is -2.02. The zero-order valence-electron chi connectivity index (χ0n) is 12.8. The van der Waals surface area contributed by atoms with Gasteiger partial charge in [-0.1, -0.05) is 29.8 Å². The van der Waals surface area contributed by atoms with Gasteiger partial charge in [0.15, 0.2) is 11.6 Å². The minimum Gasteiger partial charge on any atom is -0.494 e. The second-order valence-corrected chi connectivity index (χ2v) is 4.81. The number of rotatable bonds is 3.